The fraction of sp³-hybridized carbons (Fsp3) is 0.750. The van der Waals surface area contributed by atoms with Crippen LogP contribution in [-0.2, 0) is 6.42 Å². The molecule has 0 atom stereocenters. The van der Waals surface area contributed by atoms with Crippen molar-refractivity contribution in [3.63, 3.8) is 0 Å². The van der Waals surface area contributed by atoms with Gasteiger partial charge in [-0.1, -0.05) is 19.3 Å². The van der Waals surface area contributed by atoms with Gasteiger partial charge in [0.25, 0.3) is 0 Å². The molecular weight excluding hydrogens is 188 g/mol. The number of oxazole rings is 1. The van der Waals surface area contributed by atoms with E-state index in [0.29, 0.717) is 12.5 Å². The molecule has 0 bridgehead atoms. The number of rotatable bonds is 3. The van der Waals surface area contributed by atoms with Crippen molar-refractivity contribution in [1.29, 1.82) is 0 Å². The summed E-state index contributed by atoms with van der Waals surface area (Å²) in [5.74, 6) is 2.50. The standard InChI is InChI=1S/C12H20N2O/c1-9-11(7-8-13)15-12(14-9)10-5-3-2-4-6-10/h10H,2-8,13H2,1H3. The van der Waals surface area contributed by atoms with Crippen molar-refractivity contribution in [2.75, 3.05) is 6.54 Å². The maximum Gasteiger partial charge on any atom is 0.197 e. The minimum Gasteiger partial charge on any atom is -0.445 e. The van der Waals surface area contributed by atoms with Crippen molar-refractivity contribution < 1.29 is 4.42 Å². The van der Waals surface area contributed by atoms with Gasteiger partial charge in [-0.25, -0.2) is 4.98 Å². The van der Waals surface area contributed by atoms with E-state index in [9.17, 15) is 0 Å². The smallest absolute Gasteiger partial charge is 0.197 e. The third kappa shape index (κ3) is 2.40. The highest BCUT2D eigenvalue weighted by Gasteiger charge is 2.21. The molecule has 0 saturated heterocycles. The first-order valence-electron chi connectivity index (χ1n) is 5.97. The van der Waals surface area contributed by atoms with Gasteiger partial charge >= 0.3 is 0 Å². The maximum atomic E-state index is 5.80. The minimum atomic E-state index is 0.559. The van der Waals surface area contributed by atoms with Crippen LogP contribution < -0.4 is 5.73 Å². The molecule has 15 heavy (non-hydrogen) atoms. The van der Waals surface area contributed by atoms with Gasteiger partial charge in [-0.15, -0.1) is 0 Å². The highest BCUT2D eigenvalue weighted by molar-refractivity contribution is 5.10. The first-order chi connectivity index (χ1) is 7.31. The Morgan fingerprint density at radius 2 is 2.07 bits per heavy atom. The van der Waals surface area contributed by atoms with Crippen LogP contribution >= 0.6 is 0 Å². The molecular formula is C12H20N2O. The summed E-state index contributed by atoms with van der Waals surface area (Å²) in [4.78, 5) is 4.53. The summed E-state index contributed by atoms with van der Waals surface area (Å²) < 4.78 is 5.80. The molecule has 1 aliphatic rings. The normalized spacial score (nSPS) is 18.3. The molecule has 1 saturated carbocycles. The molecule has 0 unspecified atom stereocenters. The molecule has 0 radical (unpaired) electrons. The Bertz CT molecular complexity index is 313. The Kier molecular flexibility index (Phi) is 3.41. The van der Waals surface area contributed by atoms with Gasteiger partial charge in [0.1, 0.15) is 5.76 Å². The van der Waals surface area contributed by atoms with Crippen LogP contribution in [0.2, 0.25) is 0 Å². The predicted octanol–water partition coefficient (Wildman–Crippen LogP) is 2.53. The Balaban J connectivity index is 2.10. The summed E-state index contributed by atoms with van der Waals surface area (Å²) in [5, 5.41) is 0. The second kappa shape index (κ2) is 4.79. The van der Waals surface area contributed by atoms with Crippen molar-refractivity contribution in [2.24, 2.45) is 5.73 Å². The Morgan fingerprint density at radius 3 is 2.73 bits per heavy atom. The second-order valence-corrected chi connectivity index (χ2v) is 4.43. The summed E-state index contributed by atoms with van der Waals surface area (Å²) in [7, 11) is 0. The van der Waals surface area contributed by atoms with E-state index < -0.39 is 0 Å². The van der Waals surface area contributed by atoms with Gasteiger partial charge < -0.3 is 10.2 Å². The van der Waals surface area contributed by atoms with E-state index in [4.69, 9.17) is 10.2 Å². The van der Waals surface area contributed by atoms with Crippen molar-refractivity contribution in [1.82, 2.24) is 4.98 Å². The predicted molar refractivity (Wildman–Crippen MR) is 59.8 cm³/mol. The first kappa shape index (κ1) is 10.7. The first-order valence-corrected chi connectivity index (χ1v) is 5.97. The molecule has 2 rings (SSSR count). The summed E-state index contributed by atoms with van der Waals surface area (Å²) in [6.45, 7) is 2.65. The van der Waals surface area contributed by atoms with Crippen LogP contribution in [0.5, 0.6) is 0 Å². The van der Waals surface area contributed by atoms with E-state index in [1.807, 2.05) is 6.92 Å². The van der Waals surface area contributed by atoms with E-state index in [1.165, 1.54) is 32.1 Å². The fourth-order valence-electron chi connectivity index (χ4n) is 2.34. The summed E-state index contributed by atoms with van der Waals surface area (Å²) in [6, 6.07) is 0. The highest BCUT2D eigenvalue weighted by atomic mass is 16.4. The third-order valence-electron chi connectivity index (χ3n) is 3.24. The average molecular weight is 208 g/mol. The van der Waals surface area contributed by atoms with Crippen molar-refractivity contribution in [2.45, 2.75) is 51.4 Å². The van der Waals surface area contributed by atoms with Gasteiger partial charge in [-0.05, 0) is 26.3 Å². The molecule has 2 N–H and O–H groups in total. The van der Waals surface area contributed by atoms with Crippen LogP contribution in [-0.4, -0.2) is 11.5 Å². The van der Waals surface area contributed by atoms with E-state index >= 15 is 0 Å². The molecule has 0 spiro atoms. The summed E-state index contributed by atoms with van der Waals surface area (Å²) in [5.41, 5.74) is 6.56. The number of aromatic nitrogens is 1. The summed E-state index contributed by atoms with van der Waals surface area (Å²) >= 11 is 0. The van der Waals surface area contributed by atoms with Crippen molar-refractivity contribution >= 4 is 0 Å². The van der Waals surface area contributed by atoms with Crippen molar-refractivity contribution in [3.05, 3.63) is 17.3 Å². The fourth-order valence-corrected chi connectivity index (χ4v) is 2.34. The Labute approximate surface area is 91.1 Å². The molecule has 0 amide bonds. The molecule has 1 heterocycles. The maximum absolute atomic E-state index is 5.80. The minimum absolute atomic E-state index is 0.559. The molecule has 1 aromatic heterocycles. The molecule has 0 aliphatic heterocycles. The van der Waals surface area contributed by atoms with Gasteiger partial charge in [0, 0.05) is 12.3 Å². The monoisotopic (exact) mass is 208 g/mol. The highest BCUT2D eigenvalue weighted by Crippen LogP contribution is 2.32. The van der Waals surface area contributed by atoms with E-state index in [1.54, 1.807) is 0 Å². The Hall–Kier alpha value is -0.830. The second-order valence-electron chi connectivity index (χ2n) is 4.43. The lowest BCUT2D eigenvalue weighted by atomic mass is 9.89. The zero-order valence-corrected chi connectivity index (χ0v) is 9.46. The molecule has 0 aromatic carbocycles. The third-order valence-corrected chi connectivity index (χ3v) is 3.24. The number of hydrogen-bond donors (Lipinski definition) is 1. The topological polar surface area (TPSA) is 52.0 Å². The zero-order chi connectivity index (χ0) is 10.7. The lowest BCUT2D eigenvalue weighted by Gasteiger charge is -2.17. The van der Waals surface area contributed by atoms with E-state index in [0.717, 1.165) is 23.8 Å². The number of aryl methyl sites for hydroxylation is 1. The molecule has 1 aromatic rings. The van der Waals surface area contributed by atoms with Gasteiger partial charge in [0.2, 0.25) is 0 Å². The molecule has 1 aliphatic carbocycles. The van der Waals surface area contributed by atoms with Gasteiger partial charge in [-0.2, -0.15) is 0 Å². The molecule has 3 heteroatoms. The largest absolute Gasteiger partial charge is 0.445 e. The number of nitrogens with two attached hydrogens (primary N) is 1. The molecule has 3 nitrogen and oxygen atoms in total. The van der Waals surface area contributed by atoms with Crippen LogP contribution in [0.25, 0.3) is 0 Å². The Morgan fingerprint density at radius 1 is 1.33 bits per heavy atom. The van der Waals surface area contributed by atoms with Crippen LogP contribution in [0.1, 0.15) is 55.4 Å². The van der Waals surface area contributed by atoms with Gasteiger partial charge in [0.15, 0.2) is 5.89 Å². The van der Waals surface area contributed by atoms with Crippen LogP contribution in [0.3, 0.4) is 0 Å². The summed E-state index contributed by atoms with van der Waals surface area (Å²) in [6.07, 6.45) is 7.29. The lowest BCUT2D eigenvalue weighted by molar-refractivity contribution is 0.352. The van der Waals surface area contributed by atoms with E-state index in [2.05, 4.69) is 4.98 Å². The lowest BCUT2D eigenvalue weighted by Crippen LogP contribution is -2.04. The SMILES string of the molecule is Cc1nc(C2CCCCC2)oc1CCN. The van der Waals surface area contributed by atoms with Gasteiger partial charge in [0.05, 0.1) is 5.69 Å². The number of hydrogen-bond acceptors (Lipinski definition) is 3. The molecule has 84 valence electrons. The number of nitrogens with zero attached hydrogens (tertiary/aromatic N) is 1. The average Bonchev–Trinajstić information content (AvgIpc) is 2.63. The zero-order valence-electron chi connectivity index (χ0n) is 9.46. The quantitative estimate of drug-likeness (QED) is 0.830. The van der Waals surface area contributed by atoms with Crippen LogP contribution in [0.4, 0.5) is 0 Å². The molecule has 1 fully saturated rings. The van der Waals surface area contributed by atoms with Gasteiger partial charge in [-0.3, -0.25) is 0 Å². The van der Waals surface area contributed by atoms with Crippen molar-refractivity contribution in [3.8, 4) is 0 Å². The van der Waals surface area contributed by atoms with Crippen LogP contribution in [0.15, 0.2) is 4.42 Å². The van der Waals surface area contributed by atoms with Crippen LogP contribution in [0, 0.1) is 6.92 Å². The van der Waals surface area contributed by atoms with E-state index in [-0.39, 0.29) is 0 Å².